The van der Waals surface area contributed by atoms with E-state index in [4.69, 9.17) is 0 Å². The van der Waals surface area contributed by atoms with Gasteiger partial charge in [-0.15, -0.1) is 11.3 Å². The molecule has 0 aliphatic carbocycles. The van der Waals surface area contributed by atoms with Crippen LogP contribution in [0.25, 0.3) is 10.2 Å². The van der Waals surface area contributed by atoms with Gasteiger partial charge in [0, 0.05) is 24.0 Å². The van der Waals surface area contributed by atoms with Crippen molar-refractivity contribution in [1.29, 1.82) is 0 Å². The predicted molar refractivity (Wildman–Crippen MR) is 111 cm³/mol. The Morgan fingerprint density at radius 1 is 1.11 bits per heavy atom. The Morgan fingerprint density at radius 2 is 1.93 bits per heavy atom. The van der Waals surface area contributed by atoms with Gasteiger partial charge in [-0.05, 0) is 45.8 Å². The van der Waals surface area contributed by atoms with E-state index in [2.05, 4.69) is 21.2 Å². The molecule has 4 rings (SSSR count). The average molecular weight is 461 g/mol. The van der Waals surface area contributed by atoms with E-state index in [1.807, 2.05) is 16.0 Å². The van der Waals surface area contributed by atoms with Gasteiger partial charge in [-0.25, -0.2) is 8.78 Å². The summed E-state index contributed by atoms with van der Waals surface area (Å²) in [6, 6.07) is 14.4. The van der Waals surface area contributed by atoms with Gasteiger partial charge < -0.3 is 9.88 Å². The van der Waals surface area contributed by atoms with Gasteiger partial charge in [0.05, 0.1) is 14.7 Å². The van der Waals surface area contributed by atoms with Gasteiger partial charge in [0.2, 0.25) is 0 Å². The molecule has 0 aliphatic rings. The minimum atomic E-state index is -0.360. The number of benzene rings is 2. The zero-order valence-corrected chi connectivity index (χ0v) is 17.0. The molecule has 1 N–H and O–H groups in total. The predicted octanol–water partition coefficient (Wildman–Crippen LogP) is 5.72. The molecule has 0 radical (unpaired) electrons. The molecular formula is C21H15BrF2N2OS. The zero-order chi connectivity index (χ0) is 19.7. The number of amides is 1. The summed E-state index contributed by atoms with van der Waals surface area (Å²) in [4.78, 5) is 12.8. The molecule has 0 atom stereocenters. The number of fused-ring (bicyclic) bond motifs is 1. The molecule has 142 valence electrons. The van der Waals surface area contributed by atoms with Gasteiger partial charge in [-0.1, -0.05) is 30.3 Å². The zero-order valence-electron chi connectivity index (χ0n) is 14.6. The van der Waals surface area contributed by atoms with Crippen molar-refractivity contribution in [3.8, 4) is 0 Å². The second kappa shape index (κ2) is 7.85. The minimum absolute atomic E-state index is 0.0888. The normalized spacial score (nSPS) is 11.1. The standard InChI is InChI=1S/C21H15BrF2N2OS/c22-16-12-28-19-9-18(21(27)25-10-14-5-1-2-7-17(14)24)26(20(16)19)11-13-4-3-6-15(23)8-13/h1-9,12H,10-11H2,(H,25,27). The molecule has 2 aromatic carbocycles. The van der Waals surface area contributed by atoms with E-state index in [0.717, 1.165) is 20.3 Å². The largest absolute Gasteiger partial charge is 0.347 e. The first-order valence-corrected chi connectivity index (χ1v) is 10.2. The summed E-state index contributed by atoms with van der Waals surface area (Å²) >= 11 is 5.04. The van der Waals surface area contributed by atoms with Crippen molar-refractivity contribution >= 4 is 43.4 Å². The quantitative estimate of drug-likeness (QED) is 0.405. The number of rotatable bonds is 5. The number of carbonyl (C=O) groups is 1. The minimum Gasteiger partial charge on any atom is -0.347 e. The molecule has 7 heteroatoms. The lowest BCUT2D eigenvalue weighted by Gasteiger charge is -2.12. The van der Waals surface area contributed by atoms with E-state index in [1.165, 1.54) is 29.5 Å². The van der Waals surface area contributed by atoms with Crippen LogP contribution in [0.4, 0.5) is 8.78 Å². The number of hydrogen-bond donors (Lipinski definition) is 1. The van der Waals surface area contributed by atoms with Crippen LogP contribution in [-0.2, 0) is 13.1 Å². The SMILES string of the molecule is O=C(NCc1ccccc1F)c1cc2scc(Br)c2n1Cc1cccc(F)c1. The summed E-state index contributed by atoms with van der Waals surface area (Å²) in [7, 11) is 0. The summed E-state index contributed by atoms with van der Waals surface area (Å²) in [5, 5.41) is 4.73. The van der Waals surface area contributed by atoms with Gasteiger partial charge in [0.15, 0.2) is 0 Å². The first-order chi connectivity index (χ1) is 13.5. The summed E-state index contributed by atoms with van der Waals surface area (Å²) in [5.41, 5.74) is 2.49. The van der Waals surface area contributed by atoms with Crippen LogP contribution < -0.4 is 5.32 Å². The van der Waals surface area contributed by atoms with Gasteiger partial charge in [-0.3, -0.25) is 4.79 Å². The Hall–Kier alpha value is -2.51. The van der Waals surface area contributed by atoms with Crippen molar-refractivity contribution in [2.24, 2.45) is 0 Å². The topological polar surface area (TPSA) is 34.0 Å². The van der Waals surface area contributed by atoms with Crippen LogP contribution in [-0.4, -0.2) is 10.5 Å². The Kier molecular flexibility index (Phi) is 5.28. The lowest BCUT2D eigenvalue weighted by molar-refractivity contribution is 0.0942. The highest BCUT2D eigenvalue weighted by molar-refractivity contribution is 9.10. The maximum atomic E-state index is 13.8. The Morgan fingerprint density at radius 3 is 2.71 bits per heavy atom. The number of hydrogen-bond acceptors (Lipinski definition) is 2. The number of halogens is 3. The van der Waals surface area contributed by atoms with Crippen molar-refractivity contribution in [1.82, 2.24) is 9.88 Å². The van der Waals surface area contributed by atoms with E-state index in [0.29, 0.717) is 17.8 Å². The maximum Gasteiger partial charge on any atom is 0.268 e. The van der Waals surface area contributed by atoms with Gasteiger partial charge in [-0.2, -0.15) is 0 Å². The lowest BCUT2D eigenvalue weighted by atomic mass is 10.2. The van der Waals surface area contributed by atoms with E-state index in [1.54, 1.807) is 30.3 Å². The molecule has 0 aliphatic heterocycles. The first-order valence-electron chi connectivity index (χ1n) is 8.55. The van der Waals surface area contributed by atoms with Crippen molar-refractivity contribution in [2.75, 3.05) is 0 Å². The number of nitrogens with zero attached hydrogens (tertiary/aromatic N) is 1. The molecule has 28 heavy (non-hydrogen) atoms. The third-order valence-electron chi connectivity index (χ3n) is 4.44. The van der Waals surface area contributed by atoms with Crippen molar-refractivity contribution in [3.63, 3.8) is 0 Å². The smallest absolute Gasteiger partial charge is 0.268 e. The third-order valence-corrected chi connectivity index (χ3v) is 6.26. The van der Waals surface area contributed by atoms with Gasteiger partial charge in [0.1, 0.15) is 17.3 Å². The number of aromatic nitrogens is 1. The summed E-state index contributed by atoms with van der Waals surface area (Å²) in [6.45, 7) is 0.435. The van der Waals surface area contributed by atoms with Crippen molar-refractivity contribution in [3.05, 3.63) is 92.9 Å². The van der Waals surface area contributed by atoms with E-state index < -0.39 is 0 Å². The van der Waals surface area contributed by atoms with Gasteiger partial charge >= 0.3 is 0 Å². The molecule has 4 aromatic rings. The first kappa shape index (κ1) is 18.8. The molecule has 0 spiro atoms. The van der Waals surface area contributed by atoms with Crippen LogP contribution in [0, 0.1) is 11.6 Å². The molecule has 2 heterocycles. The summed E-state index contributed by atoms with van der Waals surface area (Å²) in [6.07, 6.45) is 0. The highest BCUT2D eigenvalue weighted by Gasteiger charge is 2.19. The van der Waals surface area contributed by atoms with Crippen molar-refractivity contribution < 1.29 is 13.6 Å². The van der Waals surface area contributed by atoms with E-state index >= 15 is 0 Å². The fourth-order valence-corrected chi connectivity index (χ4v) is 4.80. The molecule has 2 aromatic heterocycles. The maximum absolute atomic E-state index is 13.8. The highest BCUT2D eigenvalue weighted by atomic mass is 79.9. The molecule has 3 nitrogen and oxygen atoms in total. The van der Waals surface area contributed by atoms with Crippen LogP contribution in [0.3, 0.4) is 0 Å². The number of thiophene rings is 1. The fraction of sp³-hybridized carbons (Fsp3) is 0.0952. The fourth-order valence-electron chi connectivity index (χ4n) is 3.11. The monoisotopic (exact) mass is 460 g/mol. The van der Waals surface area contributed by atoms with Crippen LogP contribution in [0.15, 0.2) is 64.5 Å². The van der Waals surface area contributed by atoms with Crippen molar-refractivity contribution in [2.45, 2.75) is 13.1 Å². The number of nitrogens with one attached hydrogen (secondary N) is 1. The third kappa shape index (κ3) is 3.72. The Labute approximate surface area is 172 Å². The van der Waals surface area contributed by atoms with Crippen LogP contribution in [0.5, 0.6) is 0 Å². The second-order valence-corrected chi connectivity index (χ2v) is 8.08. The Balaban J connectivity index is 1.66. The Bertz CT molecular complexity index is 1170. The average Bonchev–Trinajstić information content (AvgIpc) is 3.21. The molecule has 0 bridgehead atoms. The molecule has 0 unspecified atom stereocenters. The van der Waals surface area contributed by atoms with E-state index in [9.17, 15) is 13.6 Å². The molecule has 0 saturated carbocycles. The highest BCUT2D eigenvalue weighted by Crippen LogP contribution is 2.34. The molecule has 0 fully saturated rings. The van der Waals surface area contributed by atoms with Crippen LogP contribution in [0.2, 0.25) is 0 Å². The summed E-state index contributed by atoms with van der Waals surface area (Å²) < 4.78 is 31.1. The molecule has 0 saturated heterocycles. The molecule has 1 amide bonds. The second-order valence-electron chi connectivity index (χ2n) is 6.32. The number of carbonyl (C=O) groups excluding carboxylic acids is 1. The van der Waals surface area contributed by atoms with Crippen LogP contribution >= 0.6 is 27.3 Å². The van der Waals surface area contributed by atoms with Crippen LogP contribution in [0.1, 0.15) is 21.6 Å². The lowest BCUT2D eigenvalue weighted by Crippen LogP contribution is -2.26. The molecular weight excluding hydrogens is 446 g/mol. The van der Waals surface area contributed by atoms with Gasteiger partial charge in [0.25, 0.3) is 5.91 Å². The summed E-state index contributed by atoms with van der Waals surface area (Å²) in [5.74, 6) is -0.993. The van der Waals surface area contributed by atoms with E-state index in [-0.39, 0.29) is 24.1 Å².